The molecule has 0 fully saturated rings. The summed E-state index contributed by atoms with van der Waals surface area (Å²) in [5, 5.41) is 0. The number of ether oxygens (including phenoxy) is 1. The number of halogens is 4. The van der Waals surface area contributed by atoms with Gasteiger partial charge in [-0.1, -0.05) is 0 Å². The van der Waals surface area contributed by atoms with Crippen LogP contribution in [0.15, 0.2) is 10.7 Å². The third-order valence-corrected chi connectivity index (χ3v) is 3.73. The van der Waals surface area contributed by atoms with E-state index in [2.05, 4.69) is 25.7 Å². The minimum absolute atomic E-state index is 0.0804. The zero-order valence-electron chi connectivity index (χ0n) is 8.14. The van der Waals surface area contributed by atoms with Gasteiger partial charge in [-0.25, -0.2) is 13.8 Å². The second-order valence-electron chi connectivity index (χ2n) is 2.85. The molecule has 0 aliphatic carbocycles. The van der Waals surface area contributed by atoms with Crippen LogP contribution in [-0.4, -0.2) is 18.1 Å². The Morgan fingerprint density at radius 2 is 2.31 bits per heavy atom. The van der Waals surface area contributed by atoms with Gasteiger partial charge in [-0.05, 0) is 38.5 Å². The average Bonchev–Trinajstić information content (AvgIpc) is 2.23. The minimum Gasteiger partial charge on any atom is -0.469 e. The first-order valence-electron chi connectivity index (χ1n) is 4.15. The number of carbonyl (C=O) groups is 1. The molecule has 0 spiro atoms. The minimum atomic E-state index is -2.63. The molecule has 3 nitrogen and oxygen atoms in total. The molecular weight excluding hydrogens is 399 g/mol. The fraction of sp³-hybridized carbons (Fsp3) is 0.333. The molecule has 1 aromatic rings. The standard InChI is InChI=1S/C9H7BrF2INO2/c1-16-6(15)2-4-7(10)5(8(11)12)3-14-9(4)13/h3,8H,2H2,1H3. The highest BCUT2D eigenvalue weighted by atomic mass is 127. The number of alkyl halides is 2. The van der Waals surface area contributed by atoms with Gasteiger partial charge < -0.3 is 4.74 Å². The summed E-state index contributed by atoms with van der Waals surface area (Å²) in [6.07, 6.45) is -1.62. The third kappa shape index (κ3) is 3.09. The summed E-state index contributed by atoms with van der Waals surface area (Å²) < 4.78 is 30.3. The Morgan fingerprint density at radius 1 is 1.69 bits per heavy atom. The van der Waals surface area contributed by atoms with Crippen LogP contribution in [-0.2, 0) is 16.0 Å². The molecule has 7 heteroatoms. The van der Waals surface area contributed by atoms with E-state index >= 15 is 0 Å². The number of hydrogen-bond acceptors (Lipinski definition) is 3. The summed E-state index contributed by atoms with van der Waals surface area (Å²) in [6, 6.07) is 0. The van der Waals surface area contributed by atoms with Crippen LogP contribution >= 0.6 is 38.5 Å². The van der Waals surface area contributed by atoms with Gasteiger partial charge in [0, 0.05) is 16.2 Å². The van der Waals surface area contributed by atoms with Gasteiger partial charge in [0.2, 0.25) is 0 Å². The van der Waals surface area contributed by atoms with Crippen molar-refractivity contribution in [3.05, 3.63) is 25.5 Å². The smallest absolute Gasteiger partial charge is 0.310 e. The van der Waals surface area contributed by atoms with Crippen molar-refractivity contribution in [3.63, 3.8) is 0 Å². The molecule has 1 rings (SSSR count). The molecule has 0 saturated carbocycles. The zero-order chi connectivity index (χ0) is 12.3. The summed E-state index contributed by atoms with van der Waals surface area (Å²) in [4.78, 5) is 14.9. The van der Waals surface area contributed by atoms with Crippen molar-refractivity contribution in [2.75, 3.05) is 7.11 Å². The summed E-state index contributed by atoms with van der Waals surface area (Å²) in [5.41, 5.74) is 0.199. The fourth-order valence-electron chi connectivity index (χ4n) is 1.04. The molecule has 16 heavy (non-hydrogen) atoms. The van der Waals surface area contributed by atoms with E-state index in [1.54, 1.807) is 0 Å². The van der Waals surface area contributed by atoms with Crippen molar-refractivity contribution < 1.29 is 18.3 Å². The summed E-state index contributed by atoms with van der Waals surface area (Å²) in [6.45, 7) is 0. The van der Waals surface area contributed by atoms with E-state index in [0.717, 1.165) is 6.20 Å². The van der Waals surface area contributed by atoms with E-state index in [1.807, 2.05) is 22.6 Å². The van der Waals surface area contributed by atoms with Crippen molar-refractivity contribution in [2.24, 2.45) is 0 Å². The Hall–Kier alpha value is -0.310. The molecule has 0 aromatic carbocycles. The van der Waals surface area contributed by atoms with Crippen molar-refractivity contribution in [3.8, 4) is 0 Å². The Balaban J connectivity index is 3.16. The SMILES string of the molecule is COC(=O)Cc1c(I)ncc(C(F)F)c1Br. The van der Waals surface area contributed by atoms with Crippen molar-refractivity contribution in [1.29, 1.82) is 0 Å². The lowest BCUT2D eigenvalue weighted by atomic mass is 10.1. The van der Waals surface area contributed by atoms with E-state index in [9.17, 15) is 13.6 Å². The van der Waals surface area contributed by atoms with E-state index in [0.29, 0.717) is 9.26 Å². The predicted octanol–water partition coefficient (Wildman–Crippen LogP) is 3.10. The van der Waals surface area contributed by atoms with Gasteiger partial charge >= 0.3 is 5.97 Å². The number of carbonyl (C=O) groups excluding carboxylic acids is 1. The molecule has 0 N–H and O–H groups in total. The summed E-state index contributed by atoms with van der Waals surface area (Å²) in [5.74, 6) is -0.494. The van der Waals surface area contributed by atoms with E-state index in [1.165, 1.54) is 7.11 Å². The van der Waals surface area contributed by atoms with Crippen molar-refractivity contribution in [1.82, 2.24) is 4.98 Å². The fourth-order valence-corrected chi connectivity index (χ4v) is 2.62. The van der Waals surface area contributed by atoms with E-state index in [4.69, 9.17) is 0 Å². The molecule has 0 amide bonds. The van der Waals surface area contributed by atoms with Crippen molar-refractivity contribution in [2.45, 2.75) is 12.8 Å². The Kier molecular flexibility index (Phi) is 5.03. The van der Waals surface area contributed by atoms with Gasteiger partial charge in [-0.2, -0.15) is 0 Å². The maximum Gasteiger partial charge on any atom is 0.310 e. The maximum atomic E-state index is 12.6. The number of pyridine rings is 1. The second kappa shape index (κ2) is 5.85. The molecule has 0 aliphatic rings. The van der Waals surface area contributed by atoms with Gasteiger partial charge in [-0.15, -0.1) is 0 Å². The molecule has 88 valence electrons. The second-order valence-corrected chi connectivity index (χ2v) is 4.67. The summed E-state index contributed by atoms with van der Waals surface area (Å²) >= 11 is 4.94. The lowest BCUT2D eigenvalue weighted by Crippen LogP contribution is -2.09. The Labute approximate surface area is 113 Å². The van der Waals surface area contributed by atoms with Crippen LogP contribution < -0.4 is 0 Å². The first kappa shape index (κ1) is 13.8. The third-order valence-electron chi connectivity index (χ3n) is 1.87. The quantitative estimate of drug-likeness (QED) is 0.440. The molecule has 0 radical (unpaired) electrons. The van der Waals surface area contributed by atoms with Crippen LogP contribution in [0.2, 0.25) is 0 Å². The number of rotatable bonds is 3. The molecule has 1 heterocycles. The average molecular weight is 406 g/mol. The number of methoxy groups -OCH3 is 1. The largest absolute Gasteiger partial charge is 0.469 e. The maximum absolute atomic E-state index is 12.6. The van der Waals surface area contributed by atoms with E-state index < -0.39 is 12.4 Å². The Bertz CT molecular complexity index is 415. The predicted molar refractivity (Wildman–Crippen MR) is 65.3 cm³/mol. The zero-order valence-corrected chi connectivity index (χ0v) is 11.9. The van der Waals surface area contributed by atoms with Crippen LogP contribution in [0.5, 0.6) is 0 Å². The highest BCUT2D eigenvalue weighted by molar-refractivity contribution is 14.1. The van der Waals surface area contributed by atoms with Gasteiger partial charge in [0.1, 0.15) is 3.70 Å². The monoisotopic (exact) mass is 405 g/mol. The number of hydrogen-bond donors (Lipinski definition) is 0. The van der Waals surface area contributed by atoms with E-state index in [-0.39, 0.29) is 16.5 Å². The van der Waals surface area contributed by atoms with Gasteiger partial charge in [0.15, 0.2) is 0 Å². The summed E-state index contributed by atoms with van der Waals surface area (Å²) in [7, 11) is 1.24. The lowest BCUT2D eigenvalue weighted by molar-refractivity contribution is -0.139. The topological polar surface area (TPSA) is 39.2 Å². The van der Waals surface area contributed by atoms with Crippen LogP contribution in [0.3, 0.4) is 0 Å². The van der Waals surface area contributed by atoms with Crippen LogP contribution in [0, 0.1) is 3.70 Å². The molecule has 0 bridgehead atoms. The molecule has 0 unspecified atom stereocenters. The highest BCUT2D eigenvalue weighted by Gasteiger charge is 2.19. The van der Waals surface area contributed by atoms with Gasteiger partial charge in [-0.3, -0.25) is 4.79 Å². The number of esters is 1. The number of aromatic nitrogens is 1. The first-order chi connectivity index (χ1) is 7.47. The molecule has 0 atom stereocenters. The highest BCUT2D eigenvalue weighted by Crippen LogP contribution is 2.31. The first-order valence-corrected chi connectivity index (χ1v) is 6.02. The van der Waals surface area contributed by atoms with Gasteiger partial charge in [0.25, 0.3) is 6.43 Å². The molecule has 0 saturated heterocycles. The molecular formula is C9H7BrF2INO2. The lowest BCUT2D eigenvalue weighted by Gasteiger charge is -2.09. The van der Waals surface area contributed by atoms with Gasteiger partial charge in [0.05, 0.1) is 19.1 Å². The molecule has 0 aliphatic heterocycles. The van der Waals surface area contributed by atoms with Crippen LogP contribution in [0.4, 0.5) is 8.78 Å². The number of nitrogens with zero attached hydrogens (tertiary/aromatic N) is 1. The molecule has 1 aromatic heterocycles. The normalized spacial score (nSPS) is 10.6. The van der Waals surface area contributed by atoms with Crippen LogP contribution in [0.25, 0.3) is 0 Å². The van der Waals surface area contributed by atoms with Crippen LogP contribution in [0.1, 0.15) is 17.6 Å². The van der Waals surface area contributed by atoms with Crippen molar-refractivity contribution >= 4 is 44.5 Å². The Morgan fingerprint density at radius 3 is 2.81 bits per heavy atom.